The number of aryl methyl sites for hydroxylation is 1. The van der Waals surface area contributed by atoms with Crippen LogP contribution in [0.3, 0.4) is 0 Å². The summed E-state index contributed by atoms with van der Waals surface area (Å²) in [4.78, 5) is 24.2. The van der Waals surface area contributed by atoms with Crippen molar-refractivity contribution >= 4 is 34.0 Å². The van der Waals surface area contributed by atoms with Crippen LogP contribution >= 0.6 is 15.9 Å². The highest BCUT2D eigenvalue weighted by molar-refractivity contribution is 9.10. The van der Waals surface area contributed by atoms with Gasteiger partial charge in [-0.15, -0.1) is 0 Å². The second-order valence-electron chi connectivity index (χ2n) is 6.59. The molecule has 0 aliphatic heterocycles. The van der Waals surface area contributed by atoms with E-state index in [1.165, 1.54) is 31.3 Å². The third kappa shape index (κ3) is 5.21. The van der Waals surface area contributed by atoms with Gasteiger partial charge in [-0.1, -0.05) is 34.1 Å². The minimum Gasteiger partial charge on any atom is -0.455 e. The van der Waals surface area contributed by atoms with Crippen molar-refractivity contribution in [1.82, 2.24) is 10.7 Å². The van der Waals surface area contributed by atoms with Gasteiger partial charge in [0.2, 0.25) is 0 Å². The number of hydrogen-bond donors (Lipinski definition) is 2. The summed E-state index contributed by atoms with van der Waals surface area (Å²) in [6.07, 6.45) is 1.36. The Morgan fingerprint density at radius 1 is 1.17 bits per heavy atom. The largest absolute Gasteiger partial charge is 0.455 e. The van der Waals surface area contributed by atoms with Crippen LogP contribution in [0.5, 0.6) is 0 Å². The zero-order valence-electron chi connectivity index (χ0n) is 16.3. The van der Waals surface area contributed by atoms with E-state index in [0.717, 1.165) is 15.6 Å². The minimum atomic E-state index is -0.912. The molecule has 0 spiro atoms. The van der Waals surface area contributed by atoms with E-state index in [2.05, 4.69) is 31.8 Å². The van der Waals surface area contributed by atoms with Crippen LogP contribution in [0.15, 0.2) is 68.6 Å². The Hall–Kier alpha value is -3.26. The zero-order valence-corrected chi connectivity index (χ0v) is 17.9. The molecule has 0 saturated carbocycles. The van der Waals surface area contributed by atoms with Gasteiger partial charge in [0.1, 0.15) is 23.4 Å². The number of benzene rings is 2. The molecule has 0 radical (unpaired) electrons. The van der Waals surface area contributed by atoms with Crippen LogP contribution in [-0.4, -0.2) is 24.1 Å². The molecule has 1 aromatic heterocycles. The minimum absolute atomic E-state index is 0.133. The predicted octanol–water partition coefficient (Wildman–Crippen LogP) is 4.43. The van der Waals surface area contributed by atoms with Crippen LogP contribution in [0, 0.1) is 12.7 Å². The third-order valence-electron chi connectivity index (χ3n) is 4.24. The van der Waals surface area contributed by atoms with Gasteiger partial charge in [-0.25, -0.2) is 9.82 Å². The summed E-state index contributed by atoms with van der Waals surface area (Å²) < 4.78 is 20.3. The highest BCUT2D eigenvalue weighted by Crippen LogP contribution is 2.30. The van der Waals surface area contributed by atoms with Gasteiger partial charge in [-0.2, -0.15) is 5.10 Å². The predicted molar refractivity (Wildman–Crippen MR) is 116 cm³/mol. The molecule has 3 aromatic rings. The van der Waals surface area contributed by atoms with Gasteiger partial charge >= 0.3 is 0 Å². The fourth-order valence-corrected chi connectivity index (χ4v) is 3.32. The number of carbonyl (C=O) groups is 2. The topological polar surface area (TPSA) is 83.7 Å². The molecule has 0 fully saturated rings. The average molecular weight is 472 g/mol. The molecule has 8 heteroatoms. The fraction of sp³-hybridized carbons (Fsp3) is 0.136. The van der Waals surface area contributed by atoms with E-state index in [9.17, 15) is 14.0 Å². The highest BCUT2D eigenvalue weighted by atomic mass is 79.9. The summed E-state index contributed by atoms with van der Waals surface area (Å²) >= 11 is 3.51. The lowest BCUT2D eigenvalue weighted by molar-refractivity contribution is -0.122. The average Bonchev–Trinajstić information content (AvgIpc) is 3.16. The van der Waals surface area contributed by atoms with Gasteiger partial charge in [-0.05, 0) is 55.8 Å². The molecule has 30 heavy (non-hydrogen) atoms. The number of carbonyl (C=O) groups excluding carboxylic acids is 2. The van der Waals surface area contributed by atoms with Crippen molar-refractivity contribution in [3.8, 4) is 11.3 Å². The van der Waals surface area contributed by atoms with E-state index in [-0.39, 0.29) is 5.56 Å². The van der Waals surface area contributed by atoms with Crippen molar-refractivity contribution in [2.24, 2.45) is 5.10 Å². The molecule has 154 valence electrons. The Bertz CT molecular complexity index is 1110. The van der Waals surface area contributed by atoms with Crippen molar-refractivity contribution in [1.29, 1.82) is 0 Å². The Morgan fingerprint density at radius 2 is 1.93 bits per heavy atom. The molecule has 0 unspecified atom stereocenters. The van der Waals surface area contributed by atoms with E-state index in [1.54, 1.807) is 18.2 Å². The lowest BCUT2D eigenvalue weighted by Crippen LogP contribution is -2.43. The van der Waals surface area contributed by atoms with Crippen molar-refractivity contribution < 1.29 is 18.4 Å². The molecule has 2 aromatic carbocycles. The van der Waals surface area contributed by atoms with E-state index < -0.39 is 23.7 Å². The SMILES string of the molecule is Cc1ccc(-c2ccc(/C=N\NC(=O)[C@H](C)NC(=O)c3ccccc3F)o2)c(Br)c1. The fourth-order valence-electron chi connectivity index (χ4n) is 2.63. The van der Waals surface area contributed by atoms with Crippen LogP contribution in [0.1, 0.15) is 28.6 Å². The second kappa shape index (κ2) is 9.49. The summed E-state index contributed by atoms with van der Waals surface area (Å²) in [5.74, 6) is -0.793. The first-order valence-electron chi connectivity index (χ1n) is 9.10. The van der Waals surface area contributed by atoms with E-state index >= 15 is 0 Å². The van der Waals surface area contributed by atoms with Crippen LogP contribution in [0.4, 0.5) is 4.39 Å². The zero-order chi connectivity index (χ0) is 21.7. The smallest absolute Gasteiger partial charge is 0.262 e. The number of nitrogens with zero attached hydrogens (tertiary/aromatic N) is 1. The van der Waals surface area contributed by atoms with Crippen molar-refractivity contribution in [3.63, 3.8) is 0 Å². The number of halogens is 2. The molecule has 6 nitrogen and oxygen atoms in total. The van der Waals surface area contributed by atoms with Crippen LogP contribution < -0.4 is 10.7 Å². The number of rotatable bonds is 6. The monoisotopic (exact) mass is 471 g/mol. The summed E-state index contributed by atoms with van der Waals surface area (Å²) in [5.41, 5.74) is 4.21. The van der Waals surface area contributed by atoms with Gasteiger partial charge in [0.05, 0.1) is 11.8 Å². The summed E-state index contributed by atoms with van der Waals surface area (Å²) in [7, 11) is 0. The number of hydrogen-bond acceptors (Lipinski definition) is 4. The third-order valence-corrected chi connectivity index (χ3v) is 4.90. The lowest BCUT2D eigenvalue weighted by Gasteiger charge is -2.12. The molecule has 2 N–H and O–H groups in total. The maximum absolute atomic E-state index is 13.7. The Labute approximate surface area is 181 Å². The molecule has 1 atom stereocenters. The van der Waals surface area contributed by atoms with Gasteiger partial charge in [0, 0.05) is 10.0 Å². The van der Waals surface area contributed by atoms with E-state index in [0.29, 0.717) is 11.5 Å². The van der Waals surface area contributed by atoms with Crippen molar-refractivity contribution in [3.05, 3.63) is 81.8 Å². The van der Waals surface area contributed by atoms with Gasteiger partial charge in [-0.3, -0.25) is 9.59 Å². The standard InChI is InChI=1S/C22H19BrFN3O3/c1-13-7-9-16(18(23)11-13)20-10-8-15(30-20)12-25-27-21(28)14(2)26-22(29)17-5-3-4-6-19(17)24/h3-12,14H,1-2H3,(H,26,29)(H,27,28)/b25-12-/t14-/m0/s1. The van der Waals surface area contributed by atoms with Crippen LogP contribution in [-0.2, 0) is 4.79 Å². The quantitative estimate of drug-likeness (QED) is 0.412. The van der Waals surface area contributed by atoms with Gasteiger partial charge in [0.25, 0.3) is 11.8 Å². The van der Waals surface area contributed by atoms with E-state index in [4.69, 9.17) is 4.42 Å². The highest BCUT2D eigenvalue weighted by Gasteiger charge is 2.18. The molecule has 2 amide bonds. The number of hydrazone groups is 1. The first kappa shape index (κ1) is 21.4. The van der Waals surface area contributed by atoms with E-state index in [1.807, 2.05) is 25.1 Å². The molecular weight excluding hydrogens is 453 g/mol. The first-order chi connectivity index (χ1) is 14.3. The van der Waals surface area contributed by atoms with Gasteiger partial charge in [0.15, 0.2) is 0 Å². The number of nitrogens with one attached hydrogen (secondary N) is 2. The van der Waals surface area contributed by atoms with Crippen LogP contribution in [0.2, 0.25) is 0 Å². The molecule has 0 aliphatic carbocycles. The molecule has 0 saturated heterocycles. The summed E-state index contributed by atoms with van der Waals surface area (Å²) in [5, 5.41) is 6.28. The van der Waals surface area contributed by atoms with Crippen molar-refractivity contribution in [2.75, 3.05) is 0 Å². The Balaban J connectivity index is 1.57. The molecular formula is C22H19BrFN3O3. The lowest BCUT2D eigenvalue weighted by atomic mass is 10.1. The molecule has 0 aliphatic rings. The number of amides is 2. The van der Waals surface area contributed by atoms with Crippen LogP contribution in [0.25, 0.3) is 11.3 Å². The summed E-state index contributed by atoms with van der Waals surface area (Å²) in [6.45, 7) is 3.47. The maximum atomic E-state index is 13.7. The van der Waals surface area contributed by atoms with Gasteiger partial charge < -0.3 is 9.73 Å². The Kier molecular flexibility index (Phi) is 6.79. The molecule has 0 bridgehead atoms. The van der Waals surface area contributed by atoms with Crippen molar-refractivity contribution in [2.45, 2.75) is 19.9 Å². The summed E-state index contributed by atoms with van der Waals surface area (Å²) in [6, 6.07) is 14.1. The maximum Gasteiger partial charge on any atom is 0.262 e. The molecule has 3 rings (SSSR count). The molecule has 1 heterocycles. The second-order valence-corrected chi connectivity index (χ2v) is 7.45. The normalized spacial score (nSPS) is 12.0. The first-order valence-corrected chi connectivity index (χ1v) is 9.89. The Morgan fingerprint density at radius 3 is 2.67 bits per heavy atom. The number of furan rings is 1.